The van der Waals surface area contributed by atoms with Crippen LogP contribution in [0.2, 0.25) is 0 Å². The lowest BCUT2D eigenvalue weighted by atomic mass is 9.73. The molecule has 2 aromatic rings. The molecule has 17 heavy (non-hydrogen) atoms. The zero-order chi connectivity index (χ0) is 11.9. The smallest absolute Gasteiger partial charge is 0.218 e. The quantitative estimate of drug-likeness (QED) is 0.859. The van der Waals surface area contributed by atoms with Crippen LogP contribution < -0.4 is 10.5 Å². The first-order chi connectivity index (χ1) is 8.23. The summed E-state index contributed by atoms with van der Waals surface area (Å²) in [6, 6.07) is 10.2. The minimum absolute atomic E-state index is 0.234. The number of benzene rings is 1. The van der Waals surface area contributed by atoms with E-state index in [-0.39, 0.29) is 5.54 Å². The third-order valence-corrected chi connectivity index (χ3v) is 3.66. The highest BCUT2D eigenvalue weighted by atomic mass is 16.5. The summed E-state index contributed by atoms with van der Waals surface area (Å²) in [6.45, 7) is 0. The van der Waals surface area contributed by atoms with Gasteiger partial charge in [-0.25, -0.2) is 4.98 Å². The molecule has 1 saturated carbocycles. The van der Waals surface area contributed by atoms with Crippen molar-refractivity contribution in [1.82, 2.24) is 4.98 Å². The van der Waals surface area contributed by atoms with E-state index < -0.39 is 0 Å². The molecule has 0 aliphatic heterocycles. The van der Waals surface area contributed by atoms with Crippen molar-refractivity contribution < 1.29 is 4.74 Å². The maximum Gasteiger partial charge on any atom is 0.218 e. The summed E-state index contributed by atoms with van der Waals surface area (Å²) in [5.74, 6) is 0.672. The fourth-order valence-corrected chi connectivity index (χ4v) is 2.44. The summed E-state index contributed by atoms with van der Waals surface area (Å²) in [5, 5.41) is 1.13. The molecule has 1 aromatic carbocycles. The number of nitrogens with two attached hydrogens (primary N) is 1. The normalized spacial score (nSPS) is 17.8. The van der Waals surface area contributed by atoms with E-state index in [1.807, 2.05) is 18.2 Å². The minimum Gasteiger partial charge on any atom is -0.481 e. The molecule has 1 aliphatic carbocycles. The van der Waals surface area contributed by atoms with Gasteiger partial charge >= 0.3 is 0 Å². The molecule has 3 heteroatoms. The number of rotatable bonds is 2. The number of nitrogens with zero attached hydrogens (tertiary/aromatic N) is 1. The van der Waals surface area contributed by atoms with Gasteiger partial charge in [-0.05, 0) is 31.4 Å². The number of fused-ring (bicyclic) bond motifs is 1. The Kier molecular flexibility index (Phi) is 2.30. The van der Waals surface area contributed by atoms with Gasteiger partial charge in [-0.15, -0.1) is 0 Å². The molecule has 0 radical (unpaired) electrons. The largest absolute Gasteiger partial charge is 0.481 e. The summed E-state index contributed by atoms with van der Waals surface area (Å²) in [6.07, 6.45) is 3.22. The minimum atomic E-state index is -0.234. The van der Waals surface area contributed by atoms with E-state index in [0.717, 1.165) is 29.3 Å². The van der Waals surface area contributed by atoms with E-state index in [0.29, 0.717) is 5.88 Å². The number of para-hydroxylation sites is 1. The number of pyridine rings is 1. The fourth-order valence-electron chi connectivity index (χ4n) is 2.44. The van der Waals surface area contributed by atoms with E-state index in [9.17, 15) is 0 Å². The molecular weight excluding hydrogens is 212 g/mol. The summed E-state index contributed by atoms with van der Waals surface area (Å²) in [4.78, 5) is 4.54. The Bertz CT molecular complexity index is 561. The van der Waals surface area contributed by atoms with Crippen LogP contribution in [0.5, 0.6) is 5.88 Å². The maximum atomic E-state index is 6.37. The molecule has 0 saturated heterocycles. The third kappa shape index (κ3) is 1.58. The van der Waals surface area contributed by atoms with Crippen LogP contribution in [0.15, 0.2) is 30.3 Å². The van der Waals surface area contributed by atoms with Crippen molar-refractivity contribution in [3.63, 3.8) is 0 Å². The molecule has 2 N–H and O–H groups in total. The molecule has 1 aliphatic rings. The van der Waals surface area contributed by atoms with Crippen molar-refractivity contribution >= 4 is 10.9 Å². The van der Waals surface area contributed by atoms with Gasteiger partial charge in [0.05, 0.1) is 12.6 Å². The second-order valence-electron chi connectivity index (χ2n) is 4.75. The van der Waals surface area contributed by atoms with E-state index in [4.69, 9.17) is 10.5 Å². The molecular formula is C14H16N2O. The molecule has 0 spiro atoms. The Labute approximate surface area is 101 Å². The Hall–Kier alpha value is -1.61. The number of aromatic nitrogens is 1. The Morgan fingerprint density at radius 1 is 1.29 bits per heavy atom. The predicted molar refractivity (Wildman–Crippen MR) is 68.0 cm³/mol. The zero-order valence-electron chi connectivity index (χ0n) is 9.94. The Balaban J connectivity index is 2.22. The second-order valence-corrected chi connectivity index (χ2v) is 4.75. The van der Waals surface area contributed by atoms with Crippen molar-refractivity contribution in [1.29, 1.82) is 0 Å². The average Bonchev–Trinajstić information content (AvgIpc) is 2.34. The standard InChI is InChI=1S/C14H16N2O/c1-17-13-11(14(15)7-4-8-14)9-10-5-2-3-6-12(10)16-13/h2-3,5-6,9H,4,7-8,15H2,1H3. The van der Waals surface area contributed by atoms with Crippen LogP contribution in [0, 0.1) is 0 Å². The lowest BCUT2D eigenvalue weighted by molar-refractivity contribution is 0.242. The highest BCUT2D eigenvalue weighted by Gasteiger charge is 2.37. The van der Waals surface area contributed by atoms with Gasteiger partial charge in [-0.1, -0.05) is 18.2 Å². The van der Waals surface area contributed by atoms with Crippen molar-refractivity contribution in [2.45, 2.75) is 24.8 Å². The van der Waals surface area contributed by atoms with Gasteiger partial charge in [-0.2, -0.15) is 0 Å². The van der Waals surface area contributed by atoms with Gasteiger partial charge in [0.2, 0.25) is 5.88 Å². The molecule has 3 rings (SSSR count). The van der Waals surface area contributed by atoms with Crippen molar-refractivity contribution in [2.75, 3.05) is 7.11 Å². The van der Waals surface area contributed by atoms with Gasteiger partial charge in [0.1, 0.15) is 0 Å². The summed E-state index contributed by atoms with van der Waals surface area (Å²) in [5.41, 5.74) is 8.14. The van der Waals surface area contributed by atoms with Crippen LogP contribution in [-0.4, -0.2) is 12.1 Å². The number of hydrogen-bond donors (Lipinski definition) is 1. The summed E-state index contributed by atoms with van der Waals surface area (Å²) >= 11 is 0. The van der Waals surface area contributed by atoms with Gasteiger partial charge in [0.15, 0.2) is 0 Å². The lowest BCUT2D eigenvalue weighted by Crippen LogP contribution is -2.43. The maximum absolute atomic E-state index is 6.37. The lowest BCUT2D eigenvalue weighted by Gasteiger charge is -2.39. The van der Waals surface area contributed by atoms with Gasteiger partial charge in [-0.3, -0.25) is 0 Å². The topological polar surface area (TPSA) is 48.1 Å². The first kappa shape index (κ1) is 10.5. The first-order valence-electron chi connectivity index (χ1n) is 5.96. The molecule has 0 bridgehead atoms. The van der Waals surface area contributed by atoms with Crippen LogP contribution in [0.25, 0.3) is 10.9 Å². The highest BCUT2D eigenvalue weighted by Crippen LogP contribution is 2.42. The van der Waals surface area contributed by atoms with Crippen LogP contribution >= 0.6 is 0 Å². The number of hydrogen-bond acceptors (Lipinski definition) is 3. The van der Waals surface area contributed by atoms with E-state index in [1.54, 1.807) is 7.11 Å². The number of methoxy groups -OCH3 is 1. The van der Waals surface area contributed by atoms with Crippen LogP contribution in [0.4, 0.5) is 0 Å². The first-order valence-corrected chi connectivity index (χ1v) is 5.96. The van der Waals surface area contributed by atoms with E-state index in [2.05, 4.69) is 17.1 Å². The summed E-state index contributed by atoms with van der Waals surface area (Å²) in [7, 11) is 1.66. The van der Waals surface area contributed by atoms with Gasteiger partial charge < -0.3 is 10.5 Å². The van der Waals surface area contributed by atoms with Crippen LogP contribution in [0.3, 0.4) is 0 Å². The van der Waals surface area contributed by atoms with Crippen molar-refractivity contribution in [3.05, 3.63) is 35.9 Å². The molecule has 1 aromatic heterocycles. The summed E-state index contributed by atoms with van der Waals surface area (Å²) < 4.78 is 5.38. The monoisotopic (exact) mass is 228 g/mol. The van der Waals surface area contributed by atoms with Crippen molar-refractivity contribution in [3.8, 4) is 5.88 Å². The highest BCUT2D eigenvalue weighted by molar-refractivity contribution is 5.80. The second kappa shape index (κ2) is 3.70. The zero-order valence-corrected chi connectivity index (χ0v) is 9.94. The molecule has 88 valence electrons. The Morgan fingerprint density at radius 2 is 2.06 bits per heavy atom. The van der Waals surface area contributed by atoms with E-state index >= 15 is 0 Å². The Morgan fingerprint density at radius 3 is 2.71 bits per heavy atom. The molecule has 0 atom stereocenters. The van der Waals surface area contributed by atoms with Crippen LogP contribution in [-0.2, 0) is 5.54 Å². The molecule has 0 unspecified atom stereocenters. The molecule has 1 heterocycles. The predicted octanol–water partition coefficient (Wildman–Crippen LogP) is 2.58. The molecule has 0 amide bonds. The number of ether oxygens (including phenoxy) is 1. The van der Waals surface area contributed by atoms with Gasteiger partial charge in [0.25, 0.3) is 0 Å². The van der Waals surface area contributed by atoms with Gasteiger partial charge in [0, 0.05) is 16.5 Å². The molecule has 1 fully saturated rings. The van der Waals surface area contributed by atoms with Crippen molar-refractivity contribution in [2.24, 2.45) is 5.73 Å². The fraction of sp³-hybridized carbons (Fsp3) is 0.357. The third-order valence-electron chi connectivity index (χ3n) is 3.66. The van der Waals surface area contributed by atoms with Crippen LogP contribution in [0.1, 0.15) is 24.8 Å². The molecule has 3 nitrogen and oxygen atoms in total. The van der Waals surface area contributed by atoms with E-state index in [1.165, 1.54) is 6.42 Å². The average molecular weight is 228 g/mol. The SMILES string of the molecule is COc1nc2ccccc2cc1C1(N)CCC1.